The second-order valence-corrected chi connectivity index (χ2v) is 3.67. The number of para-hydroxylation sites is 1. The van der Waals surface area contributed by atoms with Gasteiger partial charge in [0.2, 0.25) is 0 Å². The van der Waals surface area contributed by atoms with Crippen LogP contribution in [0.4, 0.5) is 5.69 Å². The second kappa shape index (κ2) is 5.01. The van der Waals surface area contributed by atoms with Crippen molar-refractivity contribution in [2.75, 3.05) is 5.43 Å². The summed E-state index contributed by atoms with van der Waals surface area (Å²) in [5.74, 6) is 5.45. The third kappa shape index (κ3) is 2.01. The smallest absolute Gasteiger partial charge is 0.0998 e. The molecule has 0 heterocycles. The number of hydrogen-bond donors (Lipinski definition) is 2. The number of hydrazine groups is 1. The average Bonchev–Trinajstić information content (AvgIpc) is 2.46. The van der Waals surface area contributed by atoms with E-state index < -0.39 is 0 Å². The zero-order valence-electron chi connectivity index (χ0n) is 9.51. The molecule has 0 aromatic heterocycles. The summed E-state index contributed by atoms with van der Waals surface area (Å²) in [4.78, 5) is 0. The van der Waals surface area contributed by atoms with Gasteiger partial charge in [-0.05, 0) is 24.3 Å². The van der Waals surface area contributed by atoms with Gasteiger partial charge >= 0.3 is 0 Å². The minimum atomic E-state index is 0.510. The van der Waals surface area contributed by atoms with Crippen molar-refractivity contribution in [2.45, 2.75) is 0 Å². The van der Waals surface area contributed by atoms with Crippen LogP contribution in [0, 0.1) is 22.7 Å². The van der Waals surface area contributed by atoms with E-state index in [4.69, 9.17) is 16.4 Å². The van der Waals surface area contributed by atoms with Crippen molar-refractivity contribution in [3.8, 4) is 23.3 Å². The number of nitriles is 2. The molecule has 0 spiro atoms. The molecule has 0 saturated carbocycles. The lowest BCUT2D eigenvalue weighted by Crippen LogP contribution is -2.08. The third-order valence-electron chi connectivity index (χ3n) is 2.64. The van der Waals surface area contributed by atoms with Crippen LogP contribution in [-0.4, -0.2) is 0 Å². The largest absolute Gasteiger partial charge is 0.324 e. The molecule has 86 valence electrons. The highest BCUT2D eigenvalue weighted by Gasteiger charge is 2.09. The molecule has 0 fully saturated rings. The molecule has 0 unspecified atom stereocenters. The normalized spacial score (nSPS) is 9.28. The first kappa shape index (κ1) is 11.7. The molecule has 2 aromatic carbocycles. The molecule has 0 aliphatic carbocycles. The van der Waals surface area contributed by atoms with E-state index in [1.165, 1.54) is 0 Å². The fourth-order valence-electron chi connectivity index (χ4n) is 1.78. The number of nitrogens with two attached hydrogens (primary N) is 1. The number of nitrogen functional groups attached to an aromatic ring is 1. The number of nitrogens with one attached hydrogen (secondary N) is 1. The molecular formula is C14H10N4. The summed E-state index contributed by atoms with van der Waals surface area (Å²) >= 11 is 0. The quantitative estimate of drug-likeness (QED) is 0.617. The van der Waals surface area contributed by atoms with Crippen LogP contribution in [0.15, 0.2) is 42.5 Å². The van der Waals surface area contributed by atoms with Crippen molar-refractivity contribution in [1.29, 1.82) is 10.5 Å². The molecule has 0 aliphatic heterocycles. The minimum Gasteiger partial charge on any atom is -0.324 e. The third-order valence-corrected chi connectivity index (χ3v) is 2.64. The van der Waals surface area contributed by atoms with Crippen molar-refractivity contribution in [1.82, 2.24) is 0 Å². The first-order valence-corrected chi connectivity index (χ1v) is 5.30. The lowest BCUT2D eigenvalue weighted by Gasteiger charge is -2.10. The van der Waals surface area contributed by atoms with Gasteiger partial charge in [-0.3, -0.25) is 5.84 Å². The zero-order valence-corrected chi connectivity index (χ0v) is 9.51. The van der Waals surface area contributed by atoms with Gasteiger partial charge < -0.3 is 5.43 Å². The van der Waals surface area contributed by atoms with Crippen LogP contribution in [-0.2, 0) is 0 Å². The van der Waals surface area contributed by atoms with Gasteiger partial charge in [-0.1, -0.05) is 18.2 Å². The summed E-state index contributed by atoms with van der Waals surface area (Å²) in [6.07, 6.45) is 0. The van der Waals surface area contributed by atoms with Crippen LogP contribution < -0.4 is 11.3 Å². The van der Waals surface area contributed by atoms with Gasteiger partial charge in [-0.25, -0.2) is 0 Å². The molecule has 0 radical (unpaired) electrons. The van der Waals surface area contributed by atoms with Gasteiger partial charge in [0.05, 0.1) is 29.0 Å². The van der Waals surface area contributed by atoms with Crippen LogP contribution in [0.2, 0.25) is 0 Å². The molecule has 4 nitrogen and oxygen atoms in total. The number of benzene rings is 2. The highest BCUT2D eigenvalue weighted by atomic mass is 15.2. The molecular weight excluding hydrogens is 224 g/mol. The standard InChI is InChI=1S/C14H10N4/c15-8-10-5-6-11(9-16)13(7-10)12-3-1-2-4-14(12)18-17/h1-7,18H,17H2. The summed E-state index contributed by atoms with van der Waals surface area (Å²) in [6.45, 7) is 0. The molecule has 0 bridgehead atoms. The molecule has 18 heavy (non-hydrogen) atoms. The number of anilines is 1. The highest BCUT2D eigenvalue weighted by molar-refractivity contribution is 5.82. The Balaban J connectivity index is 2.70. The van der Waals surface area contributed by atoms with Crippen molar-refractivity contribution < 1.29 is 0 Å². The van der Waals surface area contributed by atoms with E-state index >= 15 is 0 Å². The predicted molar refractivity (Wildman–Crippen MR) is 69.1 cm³/mol. The van der Waals surface area contributed by atoms with Crippen molar-refractivity contribution in [2.24, 2.45) is 5.84 Å². The monoisotopic (exact) mass is 234 g/mol. The van der Waals surface area contributed by atoms with Gasteiger partial charge in [0.25, 0.3) is 0 Å². The molecule has 3 N–H and O–H groups in total. The fourth-order valence-corrected chi connectivity index (χ4v) is 1.78. The molecule has 0 atom stereocenters. The average molecular weight is 234 g/mol. The summed E-state index contributed by atoms with van der Waals surface area (Å²) in [6, 6.07) is 16.5. The molecule has 2 aromatic rings. The maximum atomic E-state index is 9.12. The van der Waals surface area contributed by atoms with Crippen LogP contribution in [0.3, 0.4) is 0 Å². The Kier molecular flexibility index (Phi) is 3.24. The van der Waals surface area contributed by atoms with Crippen LogP contribution in [0.25, 0.3) is 11.1 Å². The Morgan fingerprint density at radius 2 is 1.72 bits per heavy atom. The Morgan fingerprint density at radius 1 is 0.944 bits per heavy atom. The topological polar surface area (TPSA) is 85.6 Å². The van der Waals surface area contributed by atoms with Crippen LogP contribution >= 0.6 is 0 Å². The molecule has 2 rings (SSSR count). The molecule has 0 aliphatic rings. The van der Waals surface area contributed by atoms with E-state index in [1.54, 1.807) is 18.2 Å². The second-order valence-electron chi connectivity index (χ2n) is 3.67. The SMILES string of the molecule is N#Cc1ccc(C#N)c(-c2ccccc2NN)c1. The van der Waals surface area contributed by atoms with Crippen molar-refractivity contribution >= 4 is 5.69 Å². The maximum absolute atomic E-state index is 9.12. The van der Waals surface area contributed by atoms with E-state index in [-0.39, 0.29) is 0 Å². The summed E-state index contributed by atoms with van der Waals surface area (Å²) in [5.41, 5.74) is 5.82. The van der Waals surface area contributed by atoms with Crippen molar-refractivity contribution in [3.63, 3.8) is 0 Å². The van der Waals surface area contributed by atoms with Crippen LogP contribution in [0.5, 0.6) is 0 Å². The number of rotatable bonds is 2. The Bertz CT molecular complexity index is 662. The van der Waals surface area contributed by atoms with Gasteiger partial charge in [-0.2, -0.15) is 10.5 Å². The Hall–Kier alpha value is -2.82. The maximum Gasteiger partial charge on any atom is 0.0998 e. The van der Waals surface area contributed by atoms with Gasteiger partial charge in [0.1, 0.15) is 0 Å². The van der Waals surface area contributed by atoms with E-state index in [2.05, 4.69) is 17.6 Å². The molecule has 0 amide bonds. The van der Waals surface area contributed by atoms with E-state index in [1.807, 2.05) is 24.3 Å². The summed E-state index contributed by atoms with van der Waals surface area (Å²) in [5, 5.41) is 18.0. The lowest BCUT2D eigenvalue weighted by molar-refractivity contribution is 1.35. The van der Waals surface area contributed by atoms with Crippen LogP contribution in [0.1, 0.15) is 11.1 Å². The molecule has 0 saturated heterocycles. The fraction of sp³-hybridized carbons (Fsp3) is 0. The summed E-state index contributed by atoms with van der Waals surface area (Å²) in [7, 11) is 0. The van der Waals surface area contributed by atoms with E-state index in [0.717, 1.165) is 5.56 Å². The Morgan fingerprint density at radius 3 is 2.39 bits per heavy atom. The minimum absolute atomic E-state index is 0.510. The zero-order chi connectivity index (χ0) is 13.0. The first-order chi connectivity index (χ1) is 8.80. The van der Waals surface area contributed by atoms with Gasteiger partial charge in [0.15, 0.2) is 0 Å². The van der Waals surface area contributed by atoms with E-state index in [0.29, 0.717) is 22.4 Å². The Labute approximate surface area is 105 Å². The van der Waals surface area contributed by atoms with Gasteiger partial charge in [0, 0.05) is 11.1 Å². The number of hydrogen-bond acceptors (Lipinski definition) is 4. The van der Waals surface area contributed by atoms with E-state index in [9.17, 15) is 0 Å². The summed E-state index contributed by atoms with van der Waals surface area (Å²) < 4.78 is 0. The lowest BCUT2D eigenvalue weighted by atomic mass is 9.97. The first-order valence-electron chi connectivity index (χ1n) is 5.30. The highest BCUT2D eigenvalue weighted by Crippen LogP contribution is 2.30. The van der Waals surface area contributed by atoms with Crippen molar-refractivity contribution in [3.05, 3.63) is 53.6 Å². The van der Waals surface area contributed by atoms with Gasteiger partial charge in [-0.15, -0.1) is 0 Å². The predicted octanol–water partition coefficient (Wildman–Crippen LogP) is 2.38. The number of nitrogens with zero attached hydrogens (tertiary/aromatic N) is 2. The molecule has 4 heteroatoms.